The summed E-state index contributed by atoms with van der Waals surface area (Å²) in [5, 5.41) is 4.62. The molecule has 0 saturated carbocycles. The first-order chi connectivity index (χ1) is 15.5. The molecule has 8 heteroatoms. The molecule has 3 aromatic rings. The van der Waals surface area contributed by atoms with Crippen LogP contribution in [-0.2, 0) is 17.6 Å². The Hall–Kier alpha value is -2.03. The lowest BCUT2D eigenvalue weighted by atomic mass is 9.85. The van der Waals surface area contributed by atoms with Crippen molar-refractivity contribution in [3.63, 3.8) is 0 Å². The van der Waals surface area contributed by atoms with Crippen LogP contribution in [0.15, 0.2) is 35.1 Å². The van der Waals surface area contributed by atoms with Crippen LogP contribution in [0.4, 0.5) is 11.5 Å². The topological polar surface area (TPSA) is 61.4 Å². The number of hydrogen-bond donors (Lipinski definition) is 1. The first-order valence-electron chi connectivity index (χ1n) is 11.2. The van der Waals surface area contributed by atoms with Gasteiger partial charge in [-0.25, -0.2) is 9.97 Å². The van der Waals surface area contributed by atoms with Gasteiger partial charge in [0.25, 0.3) is 0 Å². The van der Waals surface area contributed by atoms with Crippen LogP contribution in [0.2, 0.25) is 0 Å². The number of hydrogen-bond acceptors (Lipinski definition) is 6. The fraction of sp³-hybridized carbons (Fsp3) is 0.458. The standard InChI is InChI=1S/C24H28BrN5OS/c1-29(2)18-8-9-30(13-18)21(31)11-15-6-7-19-20(10-15)32-24-22(19)23(26-14-27-24)28-17-5-3-4-16(25)12-17/h3-5,12,14-15,18H,6-11,13H2,1-2H3,(H,26,27,28)/t15?,18-/m1/s1. The number of fused-ring (bicyclic) bond motifs is 3. The molecule has 5 rings (SSSR count). The van der Waals surface area contributed by atoms with Gasteiger partial charge in [0.05, 0.1) is 5.39 Å². The number of carbonyl (C=O) groups excluding carboxylic acids is 1. The molecule has 1 aliphatic heterocycles. The number of likely N-dealkylation sites (N-methyl/N-ethyl adjacent to an activating group) is 1. The molecule has 168 valence electrons. The fourth-order valence-electron chi connectivity index (χ4n) is 4.92. The summed E-state index contributed by atoms with van der Waals surface area (Å²) >= 11 is 5.30. The average molecular weight is 514 g/mol. The zero-order chi connectivity index (χ0) is 22.2. The van der Waals surface area contributed by atoms with Crippen molar-refractivity contribution in [2.75, 3.05) is 32.5 Å². The van der Waals surface area contributed by atoms with Gasteiger partial charge in [-0.1, -0.05) is 22.0 Å². The van der Waals surface area contributed by atoms with Crippen molar-refractivity contribution >= 4 is 54.9 Å². The second kappa shape index (κ2) is 9.08. The van der Waals surface area contributed by atoms with Gasteiger partial charge in [0.15, 0.2) is 0 Å². The van der Waals surface area contributed by atoms with E-state index in [2.05, 4.69) is 55.1 Å². The number of benzene rings is 1. The molecule has 6 nitrogen and oxygen atoms in total. The van der Waals surface area contributed by atoms with Crippen LogP contribution in [0.1, 0.15) is 29.7 Å². The number of aromatic nitrogens is 2. The average Bonchev–Trinajstić information content (AvgIpc) is 3.39. The lowest BCUT2D eigenvalue weighted by Gasteiger charge is -2.25. The van der Waals surface area contributed by atoms with Crippen LogP contribution < -0.4 is 5.32 Å². The van der Waals surface area contributed by atoms with Crippen molar-refractivity contribution in [1.82, 2.24) is 19.8 Å². The summed E-state index contributed by atoms with van der Waals surface area (Å²) in [7, 11) is 4.21. The van der Waals surface area contributed by atoms with Gasteiger partial charge in [-0.2, -0.15) is 0 Å². The predicted molar refractivity (Wildman–Crippen MR) is 134 cm³/mol. The van der Waals surface area contributed by atoms with Crippen LogP contribution in [0.5, 0.6) is 0 Å². The molecule has 0 bridgehead atoms. The minimum atomic E-state index is 0.320. The maximum absolute atomic E-state index is 12.9. The molecule has 1 unspecified atom stereocenters. The van der Waals surface area contributed by atoms with E-state index in [-0.39, 0.29) is 0 Å². The molecule has 2 aromatic heterocycles. The Bertz CT molecular complexity index is 1150. The van der Waals surface area contributed by atoms with Crippen molar-refractivity contribution in [3.8, 4) is 0 Å². The maximum atomic E-state index is 12.9. The Morgan fingerprint density at radius 1 is 1.31 bits per heavy atom. The molecular weight excluding hydrogens is 486 g/mol. The molecule has 0 spiro atoms. The second-order valence-corrected chi connectivity index (χ2v) is 11.1. The third-order valence-corrected chi connectivity index (χ3v) is 8.40. The Balaban J connectivity index is 1.32. The normalized spacial score (nSPS) is 20.7. The second-order valence-electron chi connectivity index (χ2n) is 9.10. The van der Waals surface area contributed by atoms with E-state index in [1.807, 2.05) is 24.3 Å². The summed E-state index contributed by atoms with van der Waals surface area (Å²) in [5.74, 6) is 1.60. The number of halogens is 1. The van der Waals surface area contributed by atoms with E-state index < -0.39 is 0 Å². The number of nitrogens with one attached hydrogen (secondary N) is 1. The number of nitrogens with zero attached hydrogens (tertiary/aromatic N) is 4. The van der Waals surface area contributed by atoms with E-state index in [4.69, 9.17) is 0 Å². The minimum Gasteiger partial charge on any atom is -0.341 e. The van der Waals surface area contributed by atoms with E-state index >= 15 is 0 Å². The molecule has 2 atom stereocenters. The highest BCUT2D eigenvalue weighted by Crippen LogP contribution is 2.41. The molecule has 1 fully saturated rings. The van der Waals surface area contributed by atoms with Crippen LogP contribution in [0.25, 0.3) is 10.2 Å². The molecule has 0 radical (unpaired) electrons. The fourth-order valence-corrected chi connectivity index (χ4v) is 6.62. The largest absolute Gasteiger partial charge is 0.341 e. The van der Waals surface area contributed by atoms with Crippen LogP contribution in [-0.4, -0.2) is 58.9 Å². The van der Waals surface area contributed by atoms with Crippen LogP contribution in [0.3, 0.4) is 0 Å². The monoisotopic (exact) mass is 513 g/mol. The van der Waals surface area contributed by atoms with Crippen molar-refractivity contribution in [2.24, 2.45) is 5.92 Å². The third-order valence-electron chi connectivity index (χ3n) is 6.74. The highest BCUT2D eigenvalue weighted by Gasteiger charge is 2.31. The summed E-state index contributed by atoms with van der Waals surface area (Å²) in [6.07, 6.45) is 6.36. The smallest absolute Gasteiger partial charge is 0.222 e. The molecule has 1 N–H and O–H groups in total. The molecule has 1 aliphatic carbocycles. The molecule has 1 amide bonds. The first kappa shape index (κ1) is 21.8. The van der Waals surface area contributed by atoms with Gasteiger partial charge in [0.2, 0.25) is 5.91 Å². The molecular formula is C24H28BrN5OS. The molecule has 1 aromatic carbocycles. The van der Waals surface area contributed by atoms with Crippen molar-refractivity contribution in [1.29, 1.82) is 0 Å². The first-order valence-corrected chi connectivity index (χ1v) is 12.8. The highest BCUT2D eigenvalue weighted by atomic mass is 79.9. The predicted octanol–water partition coefficient (Wildman–Crippen LogP) is 4.85. The number of amides is 1. The van der Waals surface area contributed by atoms with Crippen molar-refractivity contribution in [3.05, 3.63) is 45.5 Å². The molecule has 3 heterocycles. The van der Waals surface area contributed by atoms with Crippen LogP contribution in [0, 0.1) is 5.92 Å². The zero-order valence-corrected chi connectivity index (χ0v) is 20.9. The Morgan fingerprint density at radius 2 is 2.19 bits per heavy atom. The zero-order valence-electron chi connectivity index (χ0n) is 18.5. The van der Waals surface area contributed by atoms with E-state index in [9.17, 15) is 4.79 Å². The van der Waals surface area contributed by atoms with Crippen molar-refractivity contribution in [2.45, 2.75) is 38.1 Å². The van der Waals surface area contributed by atoms with E-state index in [0.717, 1.165) is 65.0 Å². The summed E-state index contributed by atoms with van der Waals surface area (Å²) < 4.78 is 1.03. The number of thiophene rings is 1. The summed E-state index contributed by atoms with van der Waals surface area (Å²) in [6, 6.07) is 8.61. The SMILES string of the molecule is CN(C)[C@@H]1CCN(C(=O)CC2CCc3c(sc4ncnc(Nc5cccc(Br)c5)c34)C2)C1. The maximum Gasteiger partial charge on any atom is 0.222 e. The summed E-state index contributed by atoms with van der Waals surface area (Å²) in [6.45, 7) is 1.76. The quantitative estimate of drug-likeness (QED) is 0.527. The molecule has 1 saturated heterocycles. The number of likely N-dealkylation sites (tertiary alicyclic amines) is 1. The number of rotatable bonds is 5. The van der Waals surface area contributed by atoms with Gasteiger partial charge in [-0.05, 0) is 69.5 Å². The lowest BCUT2D eigenvalue weighted by Crippen LogP contribution is -2.35. The third kappa shape index (κ3) is 4.40. The van der Waals surface area contributed by atoms with Gasteiger partial charge in [0.1, 0.15) is 17.0 Å². The number of carbonyl (C=O) groups is 1. The Labute approximate surface area is 201 Å². The molecule has 32 heavy (non-hydrogen) atoms. The van der Waals surface area contributed by atoms with Gasteiger partial charge < -0.3 is 15.1 Å². The molecule has 2 aliphatic rings. The van der Waals surface area contributed by atoms with E-state index in [1.54, 1.807) is 17.7 Å². The van der Waals surface area contributed by atoms with Gasteiger partial charge in [0, 0.05) is 40.6 Å². The summed E-state index contributed by atoms with van der Waals surface area (Å²) in [5.41, 5.74) is 2.36. The van der Waals surface area contributed by atoms with Gasteiger partial charge in [-0.15, -0.1) is 11.3 Å². The highest BCUT2D eigenvalue weighted by molar-refractivity contribution is 9.10. The summed E-state index contributed by atoms with van der Waals surface area (Å²) in [4.78, 5) is 28.7. The van der Waals surface area contributed by atoms with Crippen LogP contribution >= 0.6 is 27.3 Å². The van der Waals surface area contributed by atoms with Gasteiger partial charge >= 0.3 is 0 Å². The Morgan fingerprint density at radius 3 is 2.97 bits per heavy atom. The lowest BCUT2D eigenvalue weighted by molar-refractivity contribution is -0.131. The van der Waals surface area contributed by atoms with Gasteiger partial charge in [-0.3, -0.25) is 4.79 Å². The minimum absolute atomic E-state index is 0.320. The number of aryl methyl sites for hydroxylation is 1. The number of anilines is 2. The van der Waals surface area contributed by atoms with E-state index in [1.165, 1.54) is 10.4 Å². The van der Waals surface area contributed by atoms with E-state index in [0.29, 0.717) is 24.3 Å². The Kier molecular flexibility index (Phi) is 6.18. The van der Waals surface area contributed by atoms with Crippen molar-refractivity contribution < 1.29 is 4.79 Å².